The van der Waals surface area contributed by atoms with Crippen LogP contribution < -0.4 is 9.80 Å². The van der Waals surface area contributed by atoms with Gasteiger partial charge in [-0.2, -0.15) is 9.78 Å². The number of aromatic nitrogens is 4. The van der Waals surface area contributed by atoms with Crippen molar-refractivity contribution < 1.29 is 14.3 Å². The van der Waals surface area contributed by atoms with Crippen LogP contribution in [0.5, 0.6) is 0 Å². The second-order valence-corrected chi connectivity index (χ2v) is 13.2. The van der Waals surface area contributed by atoms with Gasteiger partial charge in [0.1, 0.15) is 22.5 Å². The van der Waals surface area contributed by atoms with Gasteiger partial charge in [0, 0.05) is 50.9 Å². The summed E-state index contributed by atoms with van der Waals surface area (Å²) in [4.78, 5) is 31.6. The molecule has 14 heteroatoms. The number of carbonyl (C=O) groups is 1. The number of fused-ring (bicyclic) bond motifs is 1. The van der Waals surface area contributed by atoms with Crippen molar-refractivity contribution in [3.8, 4) is 17.3 Å². The van der Waals surface area contributed by atoms with E-state index >= 15 is 0 Å². The van der Waals surface area contributed by atoms with E-state index in [-0.39, 0.29) is 17.3 Å². The zero-order chi connectivity index (χ0) is 29.8. The summed E-state index contributed by atoms with van der Waals surface area (Å²) >= 11 is 2.80. The Kier molecular flexibility index (Phi) is 7.38. The Balaban J connectivity index is 1.25. The highest BCUT2D eigenvalue weighted by Gasteiger charge is 2.38. The fourth-order valence-corrected chi connectivity index (χ4v) is 7.25. The third-order valence-electron chi connectivity index (χ3n) is 7.90. The fourth-order valence-electron chi connectivity index (χ4n) is 5.46. The highest BCUT2D eigenvalue weighted by molar-refractivity contribution is 7.20. The number of halogens is 1. The molecule has 42 heavy (non-hydrogen) atoms. The third kappa shape index (κ3) is 5.11. The minimum absolute atomic E-state index is 0.0543. The molecule has 0 aliphatic carbocycles. The zero-order valence-corrected chi connectivity index (χ0v) is 25.5. The largest absolute Gasteiger partial charge is 0.389 e. The average molecular weight is 610 g/mol. The first-order valence-corrected chi connectivity index (χ1v) is 15.5. The topological polar surface area (TPSA) is 117 Å². The van der Waals surface area contributed by atoms with E-state index in [9.17, 15) is 19.6 Å². The van der Waals surface area contributed by atoms with Crippen LogP contribution in [0.15, 0.2) is 24.3 Å². The van der Waals surface area contributed by atoms with E-state index in [1.807, 2.05) is 23.4 Å². The summed E-state index contributed by atoms with van der Waals surface area (Å²) in [6, 6.07) is 8.22. The number of hydrogen-bond acceptors (Lipinski definition) is 11. The van der Waals surface area contributed by atoms with Crippen LogP contribution >= 0.6 is 22.7 Å². The summed E-state index contributed by atoms with van der Waals surface area (Å²) in [5.74, 6) is 0.502. The van der Waals surface area contributed by atoms with E-state index < -0.39 is 6.10 Å². The number of nitrogens with zero attached hydrogens (tertiary/aromatic N) is 9. The van der Waals surface area contributed by atoms with Gasteiger partial charge in [0.15, 0.2) is 10.9 Å². The molecule has 0 atom stereocenters. The SMILES string of the molecule is CCc1nc2sc(N3CCN(CC(=O)N4CC(O)C4)C(C)(C)C3)nn2c1N(C)c1nc(-c2ccc(F)cc2)c(C#N)s1. The molecule has 2 aliphatic heterocycles. The molecular weight excluding hydrogens is 578 g/mol. The number of nitriles is 1. The van der Waals surface area contributed by atoms with Gasteiger partial charge in [0.2, 0.25) is 16.0 Å². The first kappa shape index (κ1) is 28.5. The molecule has 220 valence electrons. The van der Waals surface area contributed by atoms with Crippen LogP contribution in [0.4, 0.5) is 20.5 Å². The summed E-state index contributed by atoms with van der Waals surface area (Å²) in [5, 5.41) is 25.8. The van der Waals surface area contributed by atoms with Gasteiger partial charge in [0.05, 0.1) is 18.3 Å². The van der Waals surface area contributed by atoms with Crippen molar-refractivity contribution in [3.05, 3.63) is 40.7 Å². The number of aryl methyl sites for hydroxylation is 1. The molecule has 0 radical (unpaired) electrons. The van der Waals surface area contributed by atoms with Gasteiger partial charge in [-0.25, -0.2) is 14.4 Å². The van der Waals surface area contributed by atoms with Gasteiger partial charge in [-0.3, -0.25) is 9.69 Å². The van der Waals surface area contributed by atoms with E-state index in [2.05, 4.69) is 29.7 Å². The minimum atomic E-state index is -0.402. The fraction of sp³-hybridized carbons (Fsp3) is 0.464. The summed E-state index contributed by atoms with van der Waals surface area (Å²) in [7, 11) is 1.89. The number of likely N-dealkylation sites (tertiary alicyclic amines) is 1. The van der Waals surface area contributed by atoms with Crippen molar-refractivity contribution >= 4 is 49.6 Å². The Labute approximate surface area is 251 Å². The van der Waals surface area contributed by atoms with Crippen molar-refractivity contribution in [2.24, 2.45) is 0 Å². The van der Waals surface area contributed by atoms with Crippen LogP contribution in [0.1, 0.15) is 31.3 Å². The number of piperazine rings is 1. The summed E-state index contributed by atoms with van der Waals surface area (Å²) < 4.78 is 15.4. The Morgan fingerprint density at radius 2 is 1.95 bits per heavy atom. The van der Waals surface area contributed by atoms with E-state index in [1.165, 1.54) is 34.8 Å². The number of rotatable bonds is 7. The van der Waals surface area contributed by atoms with Crippen molar-refractivity contribution in [1.82, 2.24) is 29.4 Å². The van der Waals surface area contributed by atoms with Gasteiger partial charge in [0.25, 0.3) is 0 Å². The molecule has 0 bridgehead atoms. The number of anilines is 3. The molecule has 11 nitrogen and oxygen atoms in total. The van der Waals surface area contributed by atoms with E-state index in [1.54, 1.807) is 17.0 Å². The second kappa shape index (κ2) is 10.9. The Hall–Kier alpha value is -3.64. The number of carbonyl (C=O) groups excluding carboxylic acids is 1. The minimum Gasteiger partial charge on any atom is -0.389 e. The number of aliphatic hydroxyl groups excluding tert-OH is 1. The third-order valence-corrected chi connectivity index (χ3v) is 9.90. The number of amides is 1. The molecule has 2 aliphatic rings. The smallest absolute Gasteiger partial charge is 0.236 e. The molecule has 6 rings (SSSR count). The molecular formula is C28H32FN9O2S2. The van der Waals surface area contributed by atoms with Crippen molar-refractivity contribution in [2.45, 2.75) is 38.8 Å². The lowest BCUT2D eigenvalue weighted by molar-refractivity contribution is -0.144. The van der Waals surface area contributed by atoms with Crippen molar-refractivity contribution in [2.75, 3.05) is 56.1 Å². The molecule has 2 saturated heterocycles. The molecule has 0 unspecified atom stereocenters. The molecule has 0 saturated carbocycles. The van der Waals surface area contributed by atoms with Crippen LogP contribution in [0.3, 0.4) is 0 Å². The molecule has 1 aromatic carbocycles. The standard InChI is InChI=1S/C28H32FN9O2S2/c1-5-20-24(34(4)25-32-23(21(12-30)41-25)17-6-8-18(29)9-7-17)38-26(31-20)42-27(33-38)35-10-11-37(28(2,3)16-35)15-22(40)36-13-19(39)14-36/h6-9,19,39H,5,10-11,13-16H2,1-4H3. The van der Waals surface area contributed by atoms with Gasteiger partial charge >= 0.3 is 0 Å². The number of aliphatic hydroxyl groups is 1. The van der Waals surface area contributed by atoms with Crippen LogP contribution in [0, 0.1) is 17.1 Å². The lowest BCUT2D eigenvalue weighted by Crippen LogP contribution is -2.63. The molecule has 1 N–H and O–H groups in total. The molecule has 5 heterocycles. The van der Waals surface area contributed by atoms with Gasteiger partial charge in [-0.05, 0) is 44.5 Å². The molecule has 1 amide bonds. The maximum absolute atomic E-state index is 13.5. The Morgan fingerprint density at radius 3 is 2.60 bits per heavy atom. The van der Waals surface area contributed by atoms with Gasteiger partial charge in [-0.15, -0.1) is 5.10 Å². The van der Waals surface area contributed by atoms with Crippen LogP contribution in [-0.4, -0.2) is 98.4 Å². The molecule has 2 fully saturated rings. The van der Waals surface area contributed by atoms with Gasteiger partial charge in [-0.1, -0.05) is 29.6 Å². The Morgan fingerprint density at radius 1 is 1.21 bits per heavy atom. The van der Waals surface area contributed by atoms with Crippen LogP contribution in [0.25, 0.3) is 16.2 Å². The second-order valence-electron chi connectivity index (χ2n) is 11.3. The molecule has 3 aromatic heterocycles. The lowest BCUT2D eigenvalue weighted by Gasteiger charge is -2.47. The number of benzene rings is 1. The van der Waals surface area contributed by atoms with E-state index in [0.29, 0.717) is 60.4 Å². The average Bonchev–Trinajstić information content (AvgIpc) is 3.65. The normalized spacial score (nSPS) is 17.5. The van der Waals surface area contributed by atoms with E-state index in [0.717, 1.165) is 28.1 Å². The first-order valence-electron chi connectivity index (χ1n) is 13.8. The highest BCUT2D eigenvalue weighted by Crippen LogP contribution is 2.38. The summed E-state index contributed by atoms with van der Waals surface area (Å²) in [6.45, 7) is 9.62. The molecule has 0 spiro atoms. The maximum Gasteiger partial charge on any atom is 0.236 e. The highest BCUT2D eigenvalue weighted by atomic mass is 32.1. The predicted molar refractivity (Wildman–Crippen MR) is 161 cm³/mol. The lowest BCUT2D eigenvalue weighted by atomic mass is 9.98. The number of imidazole rings is 1. The monoisotopic (exact) mass is 609 g/mol. The van der Waals surface area contributed by atoms with Crippen LogP contribution in [-0.2, 0) is 11.2 Å². The van der Waals surface area contributed by atoms with Crippen molar-refractivity contribution in [3.63, 3.8) is 0 Å². The summed E-state index contributed by atoms with van der Waals surface area (Å²) in [6.07, 6.45) is 0.292. The van der Waals surface area contributed by atoms with Crippen molar-refractivity contribution in [1.29, 1.82) is 5.26 Å². The molecule has 4 aromatic rings. The maximum atomic E-state index is 13.5. The number of thiazole rings is 1. The Bertz CT molecular complexity index is 1670. The zero-order valence-electron chi connectivity index (χ0n) is 23.9. The quantitative estimate of drug-likeness (QED) is 0.337. The first-order chi connectivity index (χ1) is 20.1. The number of β-amino-alcohol motifs (C(OH)–C–C–N with tert-alkyl or cyclic N) is 1. The number of hydrogen-bond donors (Lipinski definition) is 1. The van der Waals surface area contributed by atoms with Crippen LogP contribution in [0.2, 0.25) is 0 Å². The summed E-state index contributed by atoms with van der Waals surface area (Å²) in [5.41, 5.74) is 1.82. The van der Waals surface area contributed by atoms with Gasteiger partial charge < -0.3 is 19.8 Å². The predicted octanol–water partition coefficient (Wildman–Crippen LogP) is 3.36. The van der Waals surface area contributed by atoms with E-state index in [4.69, 9.17) is 15.1 Å².